The summed E-state index contributed by atoms with van der Waals surface area (Å²) in [6.45, 7) is 4.84. The molecule has 1 aliphatic heterocycles. The van der Waals surface area contributed by atoms with Gasteiger partial charge in [-0.3, -0.25) is 9.59 Å². The molecular weight excluding hydrogens is 370 g/mol. The SMILES string of the molecule is Cc1ccc(-c2ccc(=O)n(CC(=O)Nc3ccc4c(c3)OCCO4)n2)cc1C. The van der Waals surface area contributed by atoms with Gasteiger partial charge in [0, 0.05) is 23.4 Å². The number of anilines is 1. The number of fused-ring (bicyclic) bond motifs is 1. The minimum Gasteiger partial charge on any atom is -0.486 e. The molecule has 29 heavy (non-hydrogen) atoms. The van der Waals surface area contributed by atoms with Crippen LogP contribution < -0.4 is 20.3 Å². The van der Waals surface area contributed by atoms with Crippen LogP contribution in [0.15, 0.2) is 53.3 Å². The van der Waals surface area contributed by atoms with Gasteiger partial charge in [0.15, 0.2) is 11.5 Å². The molecule has 1 aliphatic rings. The molecule has 2 aromatic carbocycles. The first-order chi connectivity index (χ1) is 14.0. The first-order valence-corrected chi connectivity index (χ1v) is 9.35. The van der Waals surface area contributed by atoms with Gasteiger partial charge in [0.25, 0.3) is 5.56 Å². The summed E-state index contributed by atoms with van der Waals surface area (Å²) >= 11 is 0. The van der Waals surface area contributed by atoms with E-state index in [-0.39, 0.29) is 18.0 Å². The number of aromatic nitrogens is 2. The van der Waals surface area contributed by atoms with Crippen molar-refractivity contribution in [1.82, 2.24) is 9.78 Å². The quantitative estimate of drug-likeness (QED) is 0.739. The van der Waals surface area contributed by atoms with Crippen molar-refractivity contribution < 1.29 is 14.3 Å². The zero-order valence-corrected chi connectivity index (χ0v) is 16.3. The number of rotatable bonds is 4. The molecule has 0 radical (unpaired) electrons. The lowest BCUT2D eigenvalue weighted by atomic mass is 10.0. The fourth-order valence-corrected chi connectivity index (χ4v) is 3.07. The molecule has 0 aliphatic carbocycles. The Bertz CT molecular complexity index is 1140. The van der Waals surface area contributed by atoms with Crippen molar-refractivity contribution >= 4 is 11.6 Å². The van der Waals surface area contributed by atoms with Crippen LogP contribution in [0.1, 0.15) is 11.1 Å². The van der Waals surface area contributed by atoms with E-state index < -0.39 is 0 Å². The molecular formula is C22H21N3O4. The second-order valence-electron chi connectivity index (χ2n) is 6.92. The summed E-state index contributed by atoms with van der Waals surface area (Å²) in [7, 11) is 0. The van der Waals surface area contributed by atoms with Crippen LogP contribution in [0.5, 0.6) is 11.5 Å². The number of carbonyl (C=O) groups is 1. The molecule has 0 atom stereocenters. The van der Waals surface area contributed by atoms with Crippen molar-refractivity contribution in [2.24, 2.45) is 0 Å². The molecule has 7 heteroatoms. The van der Waals surface area contributed by atoms with E-state index in [1.54, 1.807) is 24.3 Å². The lowest BCUT2D eigenvalue weighted by Crippen LogP contribution is -2.29. The van der Waals surface area contributed by atoms with Gasteiger partial charge in [-0.05, 0) is 49.2 Å². The second-order valence-corrected chi connectivity index (χ2v) is 6.92. The van der Waals surface area contributed by atoms with Crippen molar-refractivity contribution in [3.63, 3.8) is 0 Å². The number of nitrogens with zero attached hydrogens (tertiary/aromatic N) is 2. The Morgan fingerprint density at radius 1 is 1.00 bits per heavy atom. The largest absolute Gasteiger partial charge is 0.486 e. The standard InChI is InChI=1S/C22H21N3O4/c1-14-3-4-16(11-15(14)2)18-6-8-22(27)25(24-18)13-21(26)23-17-5-7-19-20(12-17)29-10-9-28-19/h3-8,11-12H,9-10,13H2,1-2H3,(H,23,26). The van der Waals surface area contributed by atoms with Crippen molar-refractivity contribution in [2.45, 2.75) is 20.4 Å². The van der Waals surface area contributed by atoms with Crippen LogP contribution in [0.4, 0.5) is 5.69 Å². The van der Waals surface area contributed by atoms with Crippen LogP contribution in [0.25, 0.3) is 11.3 Å². The Morgan fingerprint density at radius 2 is 1.79 bits per heavy atom. The highest BCUT2D eigenvalue weighted by atomic mass is 16.6. The van der Waals surface area contributed by atoms with Gasteiger partial charge in [-0.25, -0.2) is 4.68 Å². The topological polar surface area (TPSA) is 82.5 Å². The van der Waals surface area contributed by atoms with Gasteiger partial charge < -0.3 is 14.8 Å². The maximum absolute atomic E-state index is 12.5. The van der Waals surface area contributed by atoms with Gasteiger partial charge in [-0.2, -0.15) is 5.10 Å². The number of hydrogen-bond acceptors (Lipinski definition) is 5. The number of nitrogens with one attached hydrogen (secondary N) is 1. The van der Waals surface area contributed by atoms with E-state index in [0.717, 1.165) is 15.8 Å². The number of hydrogen-bond donors (Lipinski definition) is 1. The number of benzene rings is 2. The zero-order valence-electron chi connectivity index (χ0n) is 16.3. The molecule has 0 saturated carbocycles. The molecule has 1 N–H and O–H groups in total. The molecule has 2 heterocycles. The molecule has 0 saturated heterocycles. The van der Waals surface area contributed by atoms with Crippen molar-refractivity contribution in [3.05, 3.63) is 70.0 Å². The molecule has 1 aromatic heterocycles. The van der Waals surface area contributed by atoms with Gasteiger partial charge in [-0.1, -0.05) is 12.1 Å². The summed E-state index contributed by atoms with van der Waals surface area (Å²) in [4.78, 5) is 24.7. The Labute approximate surface area is 167 Å². The fourth-order valence-electron chi connectivity index (χ4n) is 3.07. The van der Waals surface area contributed by atoms with E-state index in [1.807, 2.05) is 32.0 Å². The third-order valence-corrected chi connectivity index (χ3v) is 4.79. The maximum Gasteiger partial charge on any atom is 0.267 e. The number of amides is 1. The molecule has 0 spiro atoms. The predicted molar refractivity (Wildman–Crippen MR) is 109 cm³/mol. The Kier molecular flexibility index (Phi) is 5.03. The highest BCUT2D eigenvalue weighted by Crippen LogP contribution is 2.32. The summed E-state index contributed by atoms with van der Waals surface area (Å²) in [5.41, 5.74) is 4.08. The average molecular weight is 391 g/mol. The van der Waals surface area contributed by atoms with Crippen LogP contribution in [0.2, 0.25) is 0 Å². The smallest absolute Gasteiger partial charge is 0.267 e. The minimum atomic E-state index is -0.353. The molecule has 3 aromatic rings. The normalized spacial score (nSPS) is 12.5. The van der Waals surface area contributed by atoms with E-state index >= 15 is 0 Å². The molecule has 148 valence electrons. The molecule has 0 fully saturated rings. The van der Waals surface area contributed by atoms with Gasteiger partial charge in [0.2, 0.25) is 5.91 Å². The van der Waals surface area contributed by atoms with Gasteiger partial charge in [0.05, 0.1) is 5.69 Å². The molecule has 7 nitrogen and oxygen atoms in total. The zero-order chi connectivity index (χ0) is 20.4. The second kappa shape index (κ2) is 7.79. The summed E-state index contributed by atoms with van der Waals surface area (Å²) in [5.74, 6) is 0.878. The first kappa shape index (κ1) is 18.7. The van der Waals surface area contributed by atoms with Crippen molar-refractivity contribution in [3.8, 4) is 22.8 Å². The Hall–Kier alpha value is -3.61. The van der Waals surface area contributed by atoms with Crippen molar-refractivity contribution in [2.75, 3.05) is 18.5 Å². The molecule has 0 bridgehead atoms. The summed E-state index contributed by atoms with van der Waals surface area (Å²) < 4.78 is 12.2. The van der Waals surface area contributed by atoms with Crippen molar-refractivity contribution in [1.29, 1.82) is 0 Å². The van der Waals surface area contributed by atoms with Gasteiger partial charge in [0.1, 0.15) is 19.8 Å². The third kappa shape index (κ3) is 4.13. The molecule has 0 unspecified atom stereocenters. The number of ether oxygens (including phenoxy) is 2. The van der Waals surface area contributed by atoms with Crippen LogP contribution >= 0.6 is 0 Å². The van der Waals surface area contributed by atoms with E-state index in [4.69, 9.17) is 9.47 Å². The van der Waals surface area contributed by atoms with E-state index in [9.17, 15) is 9.59 Å². The van der Waals surface area contributed by atoms with Crippen LogP contribution in [0, 0.1) is 13.8 Å². The van der Waals surface area contributed by atoms with Crippen LogP contribution in [-0.4, -0.2) is 28.9 Å². The molecule has 4 rings (SSSR count). The van der Waals surface area contributed by atoms with E-state index in [0.29, 0.717) is 36.1 Å². The highest BCUT2D eigenvalue weighted by molar-refractivity contribution is 5.90. The molecule has 1 amide bonds. The van der Waals surface area contributed by atoms with E-state index in [2.05, 4.69) is 10.4 Å². The fraction of sp³-hybridized carbons (Fsp3) is 0.227. The highest BCUT2D eigenvalue weighted by Gasteiger charge is 2.14. The minimum absolute atomic E-state index is 0.189. The average Bonchev–Trinajstić information content (AvgIpc) is 2.71. The van der Waals surface area contributed by atoms with E-state index in [1.165, 1.54) is 11.6 Å². The van der Waals surface area contributed by atoms with Crippen LogP contribution in [-0.2, 0) is 11.3 Å². The van der Waals surface area contributed by atoms with Gasteiger partial charge >= 0.3 is 0 Å². The monoisotopic (exact) mass is 391 g/mol. The summed E-state index contributed by atoms with van der Waals surface area (Å²) in [5, 5.41) is 7.13. The summed E-state index contributed by atoms with van der Waals surface area (Å²) in [6, 6.07) is 14.2. The predicted octanol–water partition coefficient (Wildman–Crippen LogP) is 2.94. The number of carbonyl (C=O) groups excluding carboxylic acids is 1. The van der Waals surface area contributed by atoms with Gasteiger partial charge in [-0.15, -0.1) is 0 Å². The maximum atomic E-state index is 12.5. The summed E-state index contributed by atoms with van der Waals surface area (Å²) in [6.07, 6.45) is 0. The van der Waals surface area contributed by atoms with Crippen LogP contribution in [0.3, 0.4) is 0 Å². The number of aryl methyl sites for hydroxylation is 2. The third-order valence-electron chi connectivity index (χ3n) is 4.79. The lowest BCUT2D eigenvalue weighted by Gasteiger charge is -2.19. The first-order valence-electron chi connectivity index (χ1n) is 9.35. The Balaban J connectivity index is 1.52. The lowest BCUT2D eigenvalue weighted by molar-refractivity contribution is -0.117. The Morgan fingerprint density at radius 3 is 2.59 bits per heavy atom.